The predicted octanol–water partition coefficient (Wildman–Crippen LogP) is 3.41. The summed E-state index contributed by atoms with van der Waals surface area (Å²) in [4.78, 5) is 18.4. The van der Waals surface area contributed by atoms with Crippen LogP contribution in [0, 0.1) is 10.2 Å². The zero-order valence-corrected chi connectivity index (χ0v) is 17.8. The summed E-state index contributed by atoms with van der Waals surface area (Å²) in [5.41, 5.74) is 4.29. The van der Waals surface area contributed by atoms with Crippen LogP contribution in [0.4, 0.5) is 0 Å². The molecule has 2 heterocycles. The van der Waals surface area contributed by atoms with Crippen LogP contribution in [0.25, 0.3) is 10.9 Å². The van der Waals surface area contributed by atoms with Gasteiger partial charge in [-0.05, 0) is 0 Å². The molecule has 6 heteroatoms. The summed E-state index contributed by atoms with van der Waals surface area (Å²) < 4.78 is 6.23. The first kappa shape index (κ1) is 19.9. The van der Waals surface area contributed by atoms with Crippen molar-refractivity contribution in [3.63, 3.8) is 0 Å². The van der Waals surface area contributed by atoms with Crippen LogP contribution in [0.3, 0.4) is 0 Å². The number of aryl methyl sites for hydroxylation is 1. The summed E-state index contributed by atoms with van der Waals surface area (Å²) in [6.07, 6.45) is 3.79. The second-order valence-corrected chi connectivity index (χ2v) is 8.78. The molecule has 0 saturated carbocycles. The Morgan fingerprint density at radius 2 is 2.30 bits per heavy atom. The molecule has 0 saturated heterocycles. The summed E-state index contributed by atoms with van der Waals surface area (Å²) >= 11 is 0.0259. The van der Waals surface area contributed by atoms with E-state index in [1.165, 1.54) is 22.0 Å². The van der Waals surface area contributed by atoms with Gasteiger partial charge in [0.25, 0.3) is 0 Å². The van der Waals surface area contributed by atoms with Crippen LogP contribution in [0.15, 0.2) is 18.2 Å². The predicted molar refractivity (Wildman–Crippen MR) is 108 cm³/mol. The van der Waals surface area contributed by atoms with Crippen LogP contribution in [-0.4, -0.2) is 39.0 Å². The van der Waals surface area contributed by atoms with E-state index in [1.54, 1.807) is 0 Å². The van der Waals surface area contributed by atoms with Gasteiger partial charge in [0, 0.05) is 0 Å². The summed E-state index contributed by atoms with van der Waals surface area (Å²) in [6.45, 7) is 5.52. The molecule has 144 valence electrons. The van der Waals surface area contributed by atoms with E-state index < -0.39 is 5.60 Å². The fourth-order valence-corrected chi connectivity index (χ4v) is 4.78. The third-order valence-corrected chi connectivity index (χ3v) is 6.73. The van der Waals surface area contributed by atoms with Gasteiger partial charge in [0.05, 0.1) is 0 Å². The van der Waals surface area contributed by atoms with Gasteiger partial charge in [-0.15, -0.1) is 0 Å². The Hall–Kier alpha value is -1.80. The number of amides is 1. The first-order valence-corrected chi connectivity index (χ1v) is 11.8. The Balaban J connectivity index is 1.83. The van der Waals surface area contributed by atoms with Gasteiger partial charge in [0.2, 0.25) is 0 Å². The molecule has 27 heavy (non-hydrogen) atoms. The number of hydrogen-bond donors (Lipinski definition) is 2. The van der Waals surface area contributed by atoms with E-state index in [9.17, 15) is 4.79 Å². The standard InChI is InChI=1S/C21H27N3O2Se/c1-3-15-7-5-8-16-17-9-11-26-21(4-2,20(17)24-19(15)16)13-18(25)23-10-6-12-27-14-22/h5,7-8,24H,3-4,6,9-13H2,1-2H3,(H,23,25). The monoisotopic (exact) mass is 433 g/mol. The number of rotatable bonds is 8. The molecule has 0 fully saturated rings. The van der Waals surface area contributed by atoms with E-state index in [0.29, 0.717) is 19.6 Å². The first-order chi connectivity index (χ1) is 13.1. The van der Waals surface area contributed by atoms with Crippen molar-refractivity contribution in [1.29, 1.82) is 5.26 Å². The second kappa shape index (κ2) is 8.93. The molecule has 0 bridgehead atoms. The zero-order valence-electron chi connectivity index (χ0n) is 16.1. The van der Waals surface area contributed by atoms with Gasteiger partial charge in [-0.1, -0.05) is 6.92 Å². The third-order valence-electron chi connectivity index (χ3n) is 5.42. The Labute approximate surface area is 167 Å². The topological polar surface area (TPSA) is 77.9 Å². The number of ether oxygens (including phenoxy) is 1. The Kier molecular flexibility index (Phi) is 6.59. The molecule has 0 aliphatic carbocycles. The fraction of sp³-hybridized carbons (Fsp3) is 0.524. The number of aromatic amines is 1. The number of hydrogen-bond acceptors (Lipinski definition) is 3. The van der Waals surface area contributed by atoms with Crippen LogP contribution in [0.2, 0.25) is 5.32 Å². The molecule has 2 N–H and O–H groups in total. The van der Waals surface area contributed by atoms with Gasteiger partial charge in [-0.3, -0.25) is 0 Å². The van der Waals surface area contributed by atoms with E-state index in [0.717, 1.165) is 36.7 Å². The van der Waals surface area contributed by atoms with E-state index in [1.807, 2.05) is 0 Å². The number of H-pyrrole nitrogens is 1. The van der Waals surface area contributed by atoms with Crippen molar-refractivity contribution in [3.8, 4) is 4.97 Å². The minimum absolute atomic E-state index is 0.0172. The van der Waals surface area contributed by atoms with Crippen LogP contribution in [-0.2, 0) is 28.0 Å². The molecular formula is C21H27N3O2Se. The maximum atomic E-state index is 12.6. The van der Waals surface area contributed by atoms with Crippen molar-refractivity contribution in [2.45, 2.75) is 56.9 Å². The molecule has 1 aliphatic rings. The maximum absolute atomic E-state index is 12.6. The number of fused-ring (bicyclic) bond motifs is 3. The number of carbonyl (C=O) groups excluding carboxylic acids is 1. The summed E-state index contributed by atoms with van der Waals surface area (Å²) in [6, 6.07) is 6.45. The SMILES string of the molecule is CCc1cccc2c3c([nH]c12)C(CC)(CC(=O)NCCC[Se]C#N)OCC3. The van der Waals surface area contributed by atoms with Crippen LogP contribution >= 0.6 is 0 Å². The Morgan fingerprint density at radius 3 is 3.04 bits per heavy atom. The molecule has 1 atom stereocenters. The molecule has 3 rings (SSSR count). The molecule has 1 amide bonds. The molecule has 1 unspecified atom stereocenters. The summed E-state index contributed by atoms with van der Waals surface area (Å²) in [5.74, 6) is 0.0172. The molecule has 0 radical (unpaired) electrons. The molecule has 1 aliphatic heterocycles. The van der Waals surface area contributed by atoms with E-state index in [2.05, 4.69) is 47.3 Å². The van der Waals surface area contributed by atoms with Gasteiger partial charge in [-0.25, -0.2) is 0 Å². The fourth-order valence-electron chi connectivity index (χ4n) is 3.98. The van der Waals surface area contributed by atoms with Gasteiger partial charge >= 0.3 is 160 Å². The van der Waals surface area contributed by atoms with Crippen LogP contribution in [0.1, 0.15) is 49.9 Å². The Bertz CT molecular complexity index is 855. The van der Waals surface area contributed by atoms with Crippen molar-refractivity contribution in [2.75, 3.05) is 13.2 Å². The molecule has 1 aromatic carbocycles. The molecule has 1 aromatic heterocycles. The number of nitrogens with zero attached hydrogens (tertiary/aromatic N) is 1. The summed E-state index contributed by atoms with van der Waals surface area (Å²) in [5, 5.41) is 13.8. The van der Waals surface area contributed by atoms with Crippen LogP contribution < -0.4 is 5.32 Å². The summed E-state index contributed by atoms with van der Waals surface area (Å²) in [7, 11) is 0. The van der Waals surface area contributed by atoms with Crippen molar-refractivity contribution >= 4 is 31.8 Å². The normalized spacial score (nSPS) is 18.9. The van der Waals surface area contributed by atoms with Crippen molar-refractivity contribution in [2.24, 2.45) is 0 Å². The second-order valence-electron chi connectivity index (χ2n) is 6.94. The van der Waals surface area contributed by atoms with Crippen molar-refractivity contribution < 1.29 is 9.53 Å². The van der Waals surface area contributed by atoms with Gasteiger partial charge in [0.1, 0.15) is 0 Å². The molecule has 0 spiro atoms. The van der Waals surface area contributed by atoms with Crippen molar-refractivity contribution in [3.05, 3.63) is 35.0 Å². The zero-order chi connectivity index (χ0) is 19.3. The van der Waals surface area contributed by atoms with Gasteiger partial charge < -0.3 is 0 Å². The number of carbonyl (C=O) groups is 1. The number of nitriles is 1. The number of para-hydroxylation sites is 1. The quantitative estimate of drug-likeness (QED) is 0.496. The van der Waals surface area contributed by atoms with Crippen molar-refractivity contribution in [1.82, 2.24) is 10.3 Å². The first-order valence-electron chi connectivity index (χ1n) is 9.69. The van der Waals surface area contributed by atoms with Gasteiger partial charge in [0.15, 0.2) is 0 Å². The number of nitrogens with one attached hydrogen (secondary N) is 2. The van der Waals surface area contributed by atoms with Crippen LogP contribution in [0.5, 0.6) is 0 Å². The van der Waals surface area contributed by atoms with Gasteiger partial charge in [-0.2, -0.15) is 0 Å². The van der Waals surface area contributed by atoms with E-state index in [-0.39, 0.29) is 20.9 Å². The van der Waals surface area contributed by atoms with E-state index in [4.69, 9.17) is 10.00 Å². The third kappa shape index (κ3) is 4.06. The minimum atomic E-state index is -0.585. The molecule has 2 aromatic rings. The Morgan fingerprint density at radius 1 is 1.44 bits per heavy atom. The van der Waals surface area contributed by atoms with E-state index >= 15 is 0 Å². The molecule has 5 nitrogen and oxygen atoms in total. The average Bonchev–Trinajstić information content (AvgIpc) is 3.08. The average molecular weight is 432 g/mol. The number of aromatic nitrogens is 1. The molecular weight excluding hydrogens is 405 g/mol. The number of benzene rings is 1.